The average Bonchev–Trinajstić information content (AvgIpc) is 2.90. The lowest BCUT2D eigenvalue weighted by molar-refractivity contribution is -0.134. The molecule has 33 heavy (non-hydrogen) atoms. The molecule has 0 spiro atoms. The summed E-state index contributed by atoms with van der Waals surface area (Å²) in [6.45, 7) is 4.57. The van der Waals surface area contributed by atoms with Crippen LogP contribution in [0.25, 0.3) is 0 Å². The summed E-state index contributed by atoms with van der Waals surface area (Å²) in [6.07, 6.45) is 3.20. The van der Waals surface area contributed by atoms with Crippen molar-refractivity contribution in [3.05, 3.63) is 54.6 Å². The third kappa shape index (κ3) is 6.09. The van der Waals surface area contributed by atoms with Crippen LogP contribution >= 0.6 is 11.8 Å². The molecule has 0 unspecified atom stereocenters. The minimum Gasteiger partial charge on any atom is -0.476 e. The normalized spacial score (nSPS) is 17.8. The summed E-state index contributed by atoms with van der Waals surface area (Å²) in [5.74, 6) is -2.50. The van der Waals surface area contributed by atoms with E-state index in [-0.39, 0.29) is 22.3 Å². The van der Waals surface area contributed by atoms with Gasteiger partial charge in [0.1, 0.15) is 12.0 Å². The fourth-order valence-corrected chi connectivity index (χ4v) is 6.45. The van der Waals surface area contributed by atoms with Crippen LogP contribution < -0.4 is 9.64 Å². The summed E-state index contributed by atoms with van der Waals surface area (Å²) < 4.78 is 45.7. The topological polar surface area (TPSA) is 83.9 Å². The second kappa shape index (κ2) is 11.1. The number of benzene rings is 2. The summed E-state index contributed by atoms with van der Waals surface area (Å²) in [5, 5.41) is 8.77. The molecule has 1 heterocycles. The van der Waals surface area contributed by atoms with E-state index in [9.17, 15) is 17.6 Å². The molecule has 2 aromatic rings. The fraction of sp³-hybridized carbons (Fsp3) is 0.375. The van der Waals surface area contributed by atoms with Gasteiger partial charge in [0.2, 0.25) is 5.83 Å². The molecule has 0 amide bonds. The smallest absolute Gasteiger partial charge is 0.368 e. The van der Waals surface area contributed by atoms with E-state index >= 15 is 0 Å². The number of hydrogen-bond donors (Lipinski definition) is 1. The van der Waals surface area contributed by atoms with Gasteiger partial charge in [-0.15, -0.1) is 11.8 Å². The molecule has 9 heteroatoms. The predicted molar refractivity (Wildman–Crippen MR) is 129 cm³/mol. The Kier molecular flexibility index (Phi) is 8.42. The summed E-state index contributed by atoms with van der Waals surface area (Å²) in [5.41, 5.74) is 1.43. The highest BCUT2D eigenvalue weighted by Crippen LogP contribution is 2.43. The third-order valence-electron chi connectivity index (χ3n) is 5.37. The highest BCUT2D eigenvalue weighted by atomic mass is 32.2. The van der Waals surface area contributed by atoms with Gasteiger partial charge in [0, 0.05) is 18.3 Å². The van der Waals surface area contributed by atoms with E-state index < -0.39 is 21.6 Å². The first-order valence-corrected chi connectivity index (χ1v) is 13.5. The largest absolute Gasteiger partial charge is 0.476 e. The molecule has 0 saturated carbocycles. The van der Waals surface area contributed by atoms with Crippen molar-refractivity contribution in [3.63, 3.8) is 0 Å². The molecule has 0 saturated heterocycles. The number of carboxylic acids is 1. The number of halogens is 1. The van der Waals surface area contributed by atoms with Gasteiger partial charge in [-0.2, -0.15) is 4.39 Å². The van der Waals surface area contributed by atoms with Crippen LogP contribution in [0, 0.1) is 5.92 Å². The number of unbranched alkanes of at least 4 members (excludes halogenated alkanes) is 1. The Hall–Kier alpha value is -2.52. The van der Waals surface area contributed by atoms with Crippen molar-refractivity contribution in [2.75, 3.05) is 23.0 Å². The zero-order valence-corrected chi connectivity index (χ0v) is 20.3. The first-order valence-electron chi connectivity index (χ1n) is 10.9. The molecule has 2 aromatic carbocycles. The van der Waals surface area contributed by atoms with Crippen LogP contribution in [0.3, 0.4) is 0 Å². The number of anilines is 2. The van der Waals surface area contributed by atoms with E-state index in [1.807, 2.05) is 42.2 Å². The van der Waals surface area contributed by atoms with Crippen LogP contribution in [0.2, 0.25) is 0 Å². The standard InChI is InChI=1S/C24H28FNO5S2/c1-3-5-9-17-14-26(18-10-7-6-8-11-18)20-12-22(32-4-2)21(31-15-19(25)24(27)28)13-23(20)33(29,30)16-17/h6-8,10-13,15,17H,3-5,9,14,16H2,1-2H3,(H,27,28)/b19-15-/t17-/m0/s1. The molecule has 0 fully saturated rings. The number of ether oxygens (including phenoxy) is 1. The first kappa shape index (κ1) is 25.1. The lowest BCUT2D eigenvalue weighted by atomic mass is 10.0. The van der Waals surface area contributed by atoms with Gasteiger partial charge in [0.15, 0.2) is 9.84 Å². The van der Waals surface area contributed by atoms with Crippen molar-refractivity contribution in [1.82, 2.24) is 0 Å². The number of sulfone groups is 1. The van der Waals surface area contributed by atoms with Gasteiger partial charge >= 0.3 is 5.97 Å². The molecular formula is C24H28FNO5S2. The van der Waals surface area contributed by atoms with Gasteiger partial charge in [0.25, 0.3) is 0 Å². The van der Waals surface area contributed by atoms with E-state index in [1.54, 1.807) is 6.07 Å². The average molecular weight is 494 g/mol. The first-order chi connectivity index (χ1) is 15.8. The summed E-state index contributed by atoms with van der Waals surface area (Å²) >= 11 is 1.41. The number of rotatable bonds is 9. The number of aliphatic carboxylic acids is 1. The summed E-state index contributed by atoms with van der Waals surface area (Å²) in [6, 6.07) is 12.8. The Bertz CT molecular complexity index is 1120. The van der Waals surface area contributed by atoms with Crippen LogP contribution in [-0.2, 0) is 14.6 Å². The molecule has 0 aromatic heterocycles. The number of hydrogen-bond acceptors (Lipinski definition) is 6. The molecule has 1 aliphatic rings. The maximum Gasteiger partial charge on any atom is 0.368 e. The number of carbonyl (C=O) groups is 1. The SMILES string of the molecule is CCCC[C@H]1CN(c2ccccc2)c2cc(SCC)c(O/C=C(\F)C(=O)O)cc2S(=O)(=O)C1. The highest BCUT2D eigenvalue weighted by Gasteiger charge is 2.33. The lowest BCUT2D eigenvalue weighted by Gasteiger charge is -2.28. The maximum atomic E-state index is 13.5. The molecule has 0 radical (unpaired) electrons. The lowest BCUT2D eigenvalue weighted by Crippen LogP contribution is -2.26. The number of fused-ring (bicyclic) bond motifs is 1. The zero-order chi connectivity index (χ0) is 24.0. The molecule has 3 rings (SSSR count). The Morgan fingerprint density at radius 3 is 2.64 bits per heavy atom. The van der Waals surface area contributed by atoms with Crippen LogP contribution in [0.1, 0.15) is 33.1 Å². The van der Waals surface area contributed by atoms with Gasteiger partial charge in [0.05, 0.1) is 21.2 Å². The van der Waals surface area contributed by atoms with E-state index in [2.05, 4.69) is 6.92 Å². The molecule has 1 N–H and O–H groups in total. The van der Waals surface area contributed by atoms with Crippen LogP contribution in [0.5, 0.6) is 5.75 Å². The number of carboxylic acid groups (broad SMARTS) is 1. The summed E-state index contributed by atoms with van der Waals surface area (Å²) in [4.78, 5) is 13.5. The quantitative estimate of drug-likeness (QED) is 0.268. The molecule has 1 aliphatic heterocycles. The molecule has 178 valence electrons. The monoisotopic (exact) mass is 493 g/mol. The van der Waals surface area contributed by atoms with Gasteiger partial charge in [-0.1, -0.05) is 44.9 Å². The van der Waals surface area contributed by atoms with Crippen molar-refractivity contribution in [1.29, 1.82) is 0 Å². The Labute approximate surface area is 198 Å². The molecule has 0 aliphatic carbocycles. The Balaban J connectivity index is 2.18. The van der Waals surface area contributed by atoms with Crippen LogP contribution in [0.4, 0.5) is 15.8 Å². The van der Waals surface area contributed by atoms with Crippen LogP contribution in [0.15, 0.2) is 64.3 Å². The third-order valence-corrected chi connectivity index (χ3v) is 8.20. The maximum absolute atomic E-state index is 13.5. The van der Waals surface area contributed by atoms with Gasteiger partial charge in [-0.05, 0) is 36.3 Å². The second-order valence-electron chi connectivity index (χ2n) is 7.82. The Morgan fingerprint density at radius 2 is 2.00 bits per heavy atom. The van der Waals surface area contributed by atoms with E-state index in [1.165, 1.54) is 17.8 Å². The van der Waals surface area contributed by atoms with Crippen LogP contribution in [-0.4, -0.2) is 37.5 Å². The zero-order valence-electron chi connectivity index (χ0n) is 18.7. The van der Waals surface area contributed by atoms with Crippen molar-refractivity contribution < 1.29 is 27.4 Å². The summed E-state index contributed by atoms with van der Waals surface area (Å²) in [7, 11) is -3.67. The van der Waals surface area contributed by atoms with Gasteiger partial charge < -0.3 is 14.7 Å². The number of para-hydroxylation sites is 1. The Morgan fingerprint density at radius 1 is 1.27 bits per heavy atom. The van der Waals surface area contributed by atoms with Gasteiger partial charge in [-0.25, -0.2) is 13.2 Å². The predicted octanol–water partition coefficient (Wildman–Crippen LogP) is 5.80. The van der Waals surface area contributed by atoms with E-state index in [0.717, 1.165) is 24.9 Å². The minimum absolute atomic E-state index is 0.00235. The highest BCUT2D eigenvalue weighted by molar-refractivity contribution is 7.99. The number of nitrogens with zero attached hydrogens (tertiary/aromatic N) is 1. The van der Waals surface area contributed by atoms with Crippen molar-refractivity contribution in [2.45, 2.75) is 42.9 Å². The van der Waals surface area contributed by atoms with Gasteiger partial charge in [-0.3, -0.25) is 0 Å². The van der Waals surface area contributed by atoms with E-state index in [0.29, 0.717) is 29.1 Å². The second-order valence-corrected chi connectivity index (χ2v) is 11.1. The fourth-order valence-electron chi connectivity index (χ4n) is 3.85. The number of thioether (sulfide) groups is 1. The molecule has 6 nitrogen and oxygen atoms in total. The minimum atomic E-state index is -3.67. The molecular weight excluding hydrogens is 465 g/mol. The van der Waals surface area contributed by atoms with Crippen molar-refractivity contribution >= 4 is 38.9 Å². The van der Waals surface area contributed by atoms with Crippen molar-refractivity contribution in [3.8, 4) is 5.75 Å². The molecule has 0 bridgehead atoms. The van der Waals surface area contributed by atoms with Crippen molar-refractivity contribution in [2.24, 2.45) is 5.92 Å². The molecule has 1 atom stereocenters. The van der Waals surface area contributed by atoms with E-state index in [4.69, 9.17) is 9.84 Å².